The number of likely N-dealkylation sites (tertiary alicyclic amines) is 1. The topological polar surface area (TPSA) is 46.3 Å². The van der Waals surface area contributed by atoms with E-state index in [1.807, 2.05) is 4.90 Å². The van der Waals surface area contributed by atoms with Crippen LogP contribution in [0.4, 0.5) is 0 Å². The Morgan fingerprint density at radius 2 is 2.42 bits per heavy atom. The first-order chi connectivity index (χ1) is 5.77. The Hall–Kier alpha value is -0.570. The Morgan fingerprint density at radius 1 is 1.67 bits per heavy atom. The summed E-state index contributed by atoms with van der Waals surface area (Å²) >= 11 is 0. The van der Waals surface area contributed by atoms with Gasteiger partial charge in [-0.15, -0.1) is 0 Å². The minimum absolute atomic E-state index is 0.291. The van der Waals surface area contributed by atoms with Crippen LogP contribution >= 0.6 is 0 Å². The van der Waals surface area contributed by atoms with Crippen LogP contribution in [0.5, 0.6) is 0 Å². The summed E-state index contributed by atoms with van der Waals surface area (Å²) in [6.07, 6.45) is 2.93. The molecule has 1 unspecified atom stereocenters. The van der Waals surface area contributed by atoms with Gasteiger partial charge in [0.2, 0.25) is 5.91 Å². The van der Waals surface area contributed by atoms with Gasteiger partial charge in [0.15, 0.2) is 0 Å². The Labute approximate surface area is 73.9 Å². The normalized spacial score (nSPS) is 23.7. The van der Waals surface area contributed by atoms with Gasteiger partial charge >= 0.3 is 0 Å². The van der Waals surface area contributed by atoms with E-state index in [1.165, 1.54) is 0 Å². The van der Waals surface area contributed by atoms with Crippen LogP contribution in [0.25, 0.3) is 0 Å². The van der Waals surface area contributed by atoms with Crippen molar-refractivity contribution in [3.05, 3.63) is 0 Å². The third kappa shape index (κ3) is 2.21. The SMILES string of the molecule is CCCCN1CC(CN)CC1=O. The van der Waals surface area contributed by atoms with Gasteiger partial charge in [-0.05, 0) is 18.9 Å². The van der Waals surface area contributed by atoms with Crippen LogP contribution < -0.4 is 5.73 Å². The average molecular weight is 170 g/mol. The number of amides is 1. The number of carbonyl (C=O) groups excluding carboxylic acids is 1. The predicted molar refractivity (Wildman–Crippen MR) is 48.6 cm³/mol. The molecule has 0 spiro atoms. The van der Waals surface area contributed by atoms with Crippen molar-refractivity contribution in [3.8, 4) is 0 Å². The molecule has 12 heavy (non-hydrogen) atoms. The van der Waals surface area contributed by atoms with Crippen LogP contribution in [0, 0.1) is 5.92 Å². The zero-order chi connectivity index (χ0) is 8.97. The lowest BCUT2D eigenvalue weighted by Gasteiger charge is -2.15. The van der Waals surface area contributed by atoms with Gasteiger partial charge in [0, 0.05) is 19.5 Å². The molecule has 1 aliphatic rings. The molecule has 1 heterocycles. The molecular weight excluding hydrogens is 152 g/mol. The van der Waals surface area contributed by atoms with Crippen molar-refractivity contribution >= 4 is 5.91 Å². The second kappa shape index (κ2) is 4.45. The molecule has 3 nitrogen and oxygen atoms in total. The maximum Gasteiger partial charge on any atom is 0.222 e. The van der Waals surface area contributed by atoms with Gasteiger partial charge in [-0.25, -0.2) is 0 Å². The summed E-state index contributed by atoms with van der Waals surface area (Å²) in [6, 6.07) is 0. The molecule has 2 N–H and O–H groups in total. The highest BCUT2D eigenvalue weighted by Crippen LogP contribution is 2.16. The average Bonchev–Trinajstić information content (AvgIpc) is 2.43. The van der Waals surface area contributed by atoms with E-state index in [9.17, 15) is 4.79 Å². The van der Waals surface area contributed by atoms with Gasteiger partial charge in [0.05, 0.1) is 0 Å². The molecular formula is C9H18N2O. The van der Waals surface area contributed by atoms with Gasteiger partial charge < -0.3 is 10.6 Å². The molecule has 1 aliphatic heterocycles. The zero-order valence-electron chi connectivity index (χ0n) is 7.75. The maximum atomic E-state index is 11.3. The summed E-state index contributed by atoms with van der Waals surface area (Å²) in [6.45, 7) is 4.59. The van der Waals surface area contributed by atoms with Gasteiger partial charge in [-0.3, -0.25) is 4.79 Å². The second-order valence-electron chi connectivity index (χ2n) is 3.50. The van der Waals surface area contributed by atoms with E-state index >= 15 is 0 Å². The van der Waals surface area contributed by atoms with Crippen molar-refractivity contribution in [2.24, 2.45) is 11.7 Å². The smallest absolute Gasteiger partial charge is 0.222 e. The fourth-order valence-electron chi connectivity index (χ4n) is 1.58. The van der Waals surface area contributed by atoms with Crippen molar-refractivity contribution in [2.45, 2.75) is 26.2 Å². The van der Waals surface area contributed by atoms with Crippen LogP contribution in [-0.4, -0.2) is 30.4 Å². The quantitative estimate of drug-likeness (QED) is 0.671. The second-order valence-corrected chi connectivity index (χ2v) is 3.50. The van der Waals surface area contributed by atoms with Gasteiger partial charge in [0.1, 0.15) is 0 Å². The van der Waals surface area contributed by atoms with Crippen LogP contribution in [0.1, 0.15) is 26.2 Å². The molecule has 0 radical (unpaired) electrons. The first kappa shape index (κ1) is 9.52. The summed E-state index contributed by atoms with van der Waals surface area (Å²) in [5, 5.41) is 0. The van der Waals surface area contributed by atoms with Crippen LogP contribution in [0.2, 0.25) is 0 Å². The Bertz CT molecular complexity index is 159. The zero-order valence-corrected chi connectivity index (χ0v) is 7.75. The Balaban J connectivity index is 2.31. The fraction of sp³-hybridized carbons (Fsp3) is 0.889. The highest BCUT2D eigenvalue weighted by molar-refractivity contribution is 5.78. The van der Waals surface area contributed by atoms with E-state index in [-0.39, 0.29) is 0 Å². The molecule has 0 saturated carbocycles. The number of rotatable bonds is 4. The number of carbonyl (C=O) groups is 1. The van der Waals surface area contributed by atoms with Crippen molar-refractivity contribution in [1.29, 1.82) is 0 Å². The predicted octanol–water partition coefficient (Wildman–Crippen LogP) is 0.594. The lowest BCUT2D eigenvalue weighted by Crippen LogP contribution is -2.27. The standard InChI is InChI=1S/C9H18N2O/c1-2-3-4-11-7-8(6-10)5-9(11)12/h8H,2-7,10H2,1H3. The molecule has 3 heteroatoms. The van der Waals surface area contributed by atoms with Gasteiger partial charge in [0.25, 0.3) is 0 Å². The number of nitrogens with two attached hydrogens (primary N) is 1. The summed E-state index contributed by atoms with van der Waals surface area (Å²) in [7, 11) is 0. The van der Waals surface area contributed by atoms with Gasteiger partial charge in [-0.2, -0.15) is 0 Å². The van der Waals surface area contributed by atoms with Crippen LogP contribution in [0.3, 0.4) is 0 Å². The van der Waals surface area contributed by atoms with E-state index < -0.39 is 0 Å². The maximum absolute atomic E-state index is 11.3. The van der Waals surface area contributed by atoms with Crippen molar-refractivity contribution in [3.63, 3.8) is 0 Å². The molecule has 1 amide bonds. The molecule has 0 aromatic heterocycles. The van der Waals surface area contributed by atoms with Crippen LogP contribution in [0.15, 0.2) is 0 Å². The molecule has 0 bridgehead atoms. The van der Waals surface area contributed by atoms with E-state index in [2.05, 4.69) is 6.92 Å². The van der Waals surface area contributed by atoms with Crippen molar-refractivity contribution < 1.29 is 4.79 Å². The molecule has 1 fully saturated rings. The van der Waals surface area contributed by atoms with Gasteiger partial charge in [-0.1, -0.05) is 13.3 Å². The van der Waals surface area contributed by atoms with E-state index in [0.717, 1.165) is 25.9 Å². The Morgan fingerprint density at radius 3 is 2.92 bits per heavy atom. The lowest BCUT2D eigenvalue weighted by molar-refractivity contribution is -0.127. The van der Waals surface area contributed by atoms with E-state index in [1.54, 1.807) is 0 Å². The largest absolute Gasteiger partial charge is 0.342 e. The number of nitrogens with zero attached hydrogens (tertiary/aromatic N) is 1. The highest BCUT2D eigenvalue weighted by Gasteiger charge is 2.27. The monoisotopic (exact) mass is 170 g/mol. The number of hydrogen-bond acceptors (Lipinski definition) is 2. The third-order valence-corrected chi connectivity index (χ3v) is 2.41. The summed E-state index contributed by atoms with van der Waals surface area (Å²) < 4.78 is 0. The minimum atomic E-state index is 0.291. The van der Waals surface area contributed by atoms with E-state index in [4.69, 9.17) is 5.73 Å². The minimum Gasteiger partial charge on any atom is -0.342 e. The lowest BCUT2D eigenvalue weighted by atomic mass is 10.1. The first-order valence-electron chi connectivity index (χ1n) is 4.75. The third-order valence-electron chi connectivity index (χ3n) is 2.41. The van der Waals surface area contributed by atoms with Crippen molar-refractivity contribution in [1.82, 2.24) is 4.90 Å². The molecule has 1 saturated heterocycles. The molecule has 0 aromatic carbocycles. The fourth-order valence-corrected chi connectivity index (χ4v) is 1.58. The van der Waals surface area contributed by atoms with Crippen LogP contribution in [-0.2, 0) is 4.79 Å². The van der Waals surface area contributed by atoms with Crippen molar-refractivity contribution in [2.75, 3.05) is 19.6 Å². The molecule has 0 aromatic rings. The Kier molecular flexibility index (Phi) is 3.53. The molecule has 70 valence electrons. The molecule has 0 aliphatic carbocycles. The number of hydrogen-bond donors (Lipinski definition) is 1. The molecule has 1 rings (SSSR count). The summed E-state index contributed by atoms with van der Waals surface area (Å²) in [5.74, 6) is 0.702. The van der Waals surface area contributed by atoms with E-state index in [0.29, 0.717) is 24.8 Å². The number of unbranched alkanes of at least 4 members (excludes halogenated alkanes) is 1. The summed E-state index contributed by atoms with van der Waals surface area (Å²) in [4.78, 5) is 13.3. The first-order valence-corrected chi connectivity index (χ1v) is 4.75. The highest BCUT2D eigenvalue weighted by atomic mass is 16.2. The molecule has 1 atom stereocenters. The summed E-state index contributed by atoms with van der Waals surface area (Å²) in [5.41, 5.74) is 5.51.